The van der Waals surface area contributed by atoms with Crippen LogP contribution in [0.5, 0.6) is 0 Å². The molecule has 0 spiro atoms. The first kappa shape index (κ1) is 12.7. The summed E-state index contributed by atoms with van der Waals surface area (Å²) in [4.78, 5) is 1.14. The number of thioether (sulfide) groups is 1. The minimum atomic E-state index is 0.592. The van der Waals surface area contributed by atoms with Gasteiger partial charge in [0.15, 0.2) is 0 Å². The summed E-state index contributed by atoms with van der Waals surface area (Å²) < 4.78 is 0. The van der Waals surface area contributed by atoms with Gasteiger partial charge in [0.25, 0.3) is 0 Å². The molecule has 92 valence electrons. The normalized spacial score (nSPS) is 10.1. The Bertz CT molecular complexity index is 499. The molecule has 0 heterocycles. The zero-order valence-corrected chi connectivity index (χ0v) is 10.6. The topological polar surface area (TPSA) is 47.3 Å². The van der Waals surface area contributed by atoms with Crippen molar-refractivity contribution in [2.75, 3.05) is 5.06 Å². The fourth-order valence-corrected chi connectivity index (χ4v) is 2.36. The lowest BCUT2D eigenvalue weighted by Crippen LogP contribution is -2.13. The summed E-state index contributed by atoms with van der Waals surface area (Å²) in [6.07, 6.45) is 0.867. The van der Waals surface area contributed by atoms with Gasteiger partial charge in [-0.25, -0.2) is 5.06 Å². The van der Waals surface area contributed by atoms with Crippen molar-refractivity contribution in [1.29, 1.82) is 5.41 Å². The SMILES string of the molecule is N=CN(O)c1ccc(SCc2ccccc2)cc1. The Kier molecular flexibility index (Phi) is 4.39. The van der Waals surface area contributed by atoms with E-state index >= 15 is 0 Å². The number of hydroxylamine groups is 1. The van der Waals surface area contributed by atoms with Crippen molar-refractivity contribution in [1.82, 2.24) is 0 Å². The van der Waals surface area contributed by atoms with E-state index < -0.39 is 0 Å². The van der Waals surface area contributed by atoms with Gasteiger partial charge in [0.1, 0.15) is 6.34 Å². The van der Waals surface area contributed by atoms with Gasteiger partial charge < -0.3 is 0 Å². The van der Waals surface area contributed by atoms with E-state index in [1.165, 1.54) is 5.56 Å². The molecule has 0 unspecified atom stereocenters. The van der Waals surface area contributed by atoms with E-state index in [9.17, 15) is 5.21 Å². The van der Waals surface area contributed by atoms with Crippen molar-refractivity contribution in [2.45, 2.75) is 10.6 Å². The molecule has 2 N–H and O–H groups in total. The maximum absolute atomic E-state index is 9.31. The van der Waals surface area contributed by atoms with Gasteiger partial charge in [-0.05, 0) is 29.8 Å². The second-order valence-electron chi connectivity index (χ2n) is 3.74. The monoisotopic (exact) mass is 258 g/mol. The summed E-state index contributed by atoms with van der Waals surface area (Å²) in [6.45, 7) is 0. The highest BCUT2D eigenvalue weighted by Crippen LogP contribution is 2.24. The zero-order chi connectivity index (χ0) is 12.8. The Balaban J connectivity index is 1.96. The summed E-state index contributed by atoms with van der Waals surface area (Å²) in [7, 11) is 0. The van der Waals surface area contributed by atoms with Crippen LogP contribution >= 0.6 is 11.8 Å². The maximum atomic E-state index is 9.31. The number of nitrogens with zero attached hydrogens (tertiary/aromatic N) is 1. The fraction of sp³-hybridized carbons (Fsp3) is 0.0714. The molecule has 18 heavy (non-hydrogen) atoms. The van der Waals surface area contributed by atoms with E-state index in [0.717, 1.165) is 22.1 Å². The highest BCUT2D eigenvalue weighted by Gasteiger charge is 2.00. The van der Waals surface area contributed by atoms with Gasteiger partial charge in [0.2, 0.25) is 0 Å². The van der Waals surface area contributed by atoms with Crippen molar-refractivity contribution < 1.29 is 5.21 Å². The number of hydrogen-bond acceptors (Lipinski definition) is 3. The highest BCUT2D eigenvalue weighted by atomic mass is 32.2. The van der Waals surface area contributed by atoms with Gasteiger partial charge in [-0.3, -0.25) is 10.6 Å². The predicted octanol–water partition coefficient (Wildman–Crippen LogP) is 3.78. The minimum absolute atomic E-state index is 0.592. The zero-order valence-electron chi connectivity index (χ0n) is 9.78. The Morgan fingerprint density at radius 3 is 2.33 bits per heavy atom. The van der Waals surface area contributed by atoms with Gasteiger partial charge >= 0.3 is 0 Å². The summed E-state index contributed by atoms with van der Waals surface area (Å²) in [5.74, 6) is 0.924. The molecule has 0 bridgehead atoms. The largest absolute Gasteiger partial charge is 0.289 e. The molecule has 0 atom stereocenters. The van der Waals surface area contributed by atoms with E-state index in [0.29, 0.717) is 5.69 Å². The fourth-order valence-electron chi connectivity index (χ4n) is 1.51. The minimum Gasteiger partial charge on any atom is -0.289 e. The second-order valence-corrected chi connectivity index (χ2v) is 4.79. The molecule has 3 nitrogen and oxygen atoms in total. The molecular formula is C14H14N2OS. The molecule has 2 aromatic rings. The van der Waals surface area contributed by atoms with Crippen LogP contribution in [0.4, 0.5) is 5.69 Å². The summed E-state index contributed by atoms with van der Waals surface area (Å²) >= 11 is 1.74. The van der Waals surface area contributed by atoms with E-state index in [2.05, 4.69) is 12.1 Å². The smallest absolute Gasteiger partial charge is 0.113 e. The molecule has 0 aromatic heterocycles. The maximum Gasteiger partial charge on any atom is 0.113 e. The van der Waals surface area contributed by atoms with Gasteiger partial charge in [-0.2, -0.15) is 0 Å². The van der Waals surface area contributed by atoms with Crippen LogP contribution in [0, 0.1) is 5.41 Å². The third-order valence-corrected chi connectivity index (χ3v) is 3.56. The van der Waals surface area contributed by atoms with Gasteiger partial charge in [0, 0.05) is 10.6 Å². The number of rotatable bonds is 5. The number of hydrogen-bond donors (Lipinski definition) is 2. The third-order valence-electron chi connectivity index (χ3n) is 2.47. The van der Waals surface area contributed by atoms with E-state index in [1.54, 1.807) is 23.9 Å². The van der Waals surface area contributed by atoms with Gasteiger partial charge in [-0.1, -0.05) is 30.3 Å². The van der Waals surface area contributed by atoms with Crippen molar-refractivity contribution in [3.05, 3.63) is 60.2 Å². The van der Waals surface area contributed by atoms with Crippen LogP contribution in [-0.2, 0) is 5.75 Å². The Morgan fingerprint density at radius 2 is 1.72 bits per heavy atom. The molecule has 0 saturated carbocycles. The third kappa shape index (κ3) is 3.35. The first-order valence-electron chi connectivity index (χ1n) is 5.55. The molecule has 0 fully saturated rings. The average molecular weight is 258 g/mol. The summed E-state index contributed by atoms with van der Waals surface area (Å²) in [6, 6.07) is 17.7. The molecule has 0 aliphatic rings. The Morgan fingerprint density at radius 1 is 1.06 bits per heavy atom. The van der Waals surface area contributed by atoms with Gasteiger partial charge in [0.05, 0.1) is 5.69 Å². The Labute approximate surface area is 111 Å². The molecule has 0 radical (unpaired) electrons. The van der Waals surface area contributed by atoms with Crippen LogP contribution in [0.15, 0.2) is 59.5 Å². The van der Waals surface area contributed by atoms with Crippen LogP contribution in [0.3, 0.4) is 0 Å². The molecule has 0 aliphatic carbocycles. The van der Waals surface area contributed by atoms with Crippen molar-refractivity contribution >= 4 is 23.8 Å². The number of anilines is 1. The van der Waals surface area contributed by atoms with E-state index in [-0.39, 0.29) is 0 Å². The Hall–Kier alpha value is -1.78. The molecular weight excluding hydrogens is 244 g/mol. The van der Waals surface area contributed by atoms with Crippen molar-refractivity contribution in [3.8, 4) is 0 Å². The molecule has 2 aromatic carbocycles. The van der Waals surface area contributed by atoms with E-state index in [1.807, 2.05) is 30.3 Å². The lowest BCUT2D eigenvalue weighted by Gasteiger charge is -2.10. The van der Waals surface area contributed by atoms with Crippen LogP contribution in [-0.4, -0.2) is 11.5 Å². The van der Waals surface area contributed by atoms with Crippen LogP contribution in [0.2, 0.25) is 0 Å². The first-order chi connectivity index (χ1) is 8.79. The first-order valence-corrected chi connectivity index (χ1v) is 6.53. The van der Waals surface area contributed by atoms with Gasteiger partial charge in [-0.15, -0.1) is 11.8 Å². The van der Waals surface area contributed by atoms with Crippen LogP contribution in [0.25, 0.3) is 0 Å². The van der Waals surface area contributed by atoms with Crippen LogP contribution in [0.1, 0.15) is 5.56 Å². The average Bonchev–Trinajstić information content (AvgIpc) is 2.46. The summed E-state index contributed by atoms with van der Waals surface area (Å²) in [5.41, 5.74) is 1.88. The highest BCUT2D eigenvalue weighted by molar-refractivity contribution is 7.98. The van der Waals surface area contributed by atoms with Crippen LogP contribution < -0.4 is 5.06 Å². The van der Waals surface area contributed by atoms with Crippen molar-refractivity contribution in [3.63, 3.8) is 0 Å². The molecule has 0 aliphatic heterocycles. The van der Waals surface area contributed by atoms with E-state index in [4.69, 9.17) is 5.41 Å². The lowest BCUT2D eigenvalue weighted by atomic mass is 10.2. The second kappa shape index (κ2) is 6.23. The lowest BCUT2D eigenvalue weighted by molar-refractivity contribution is 0.316. The summed E-state index contributed by atoms with van der Waals surface area (Å²) in [5, 5.41) is 17.0. The molecule has 0 amide bonds. The quantitative estimate of drug-likeness (QED) is 0.371. The number of nitrogens with one attached hydrogen (secondary N) is 1. The standard InChI is InChI=1S/C14H14N2OS/c15-11-16(17)13-6-8-14(9-7-13)18-10-12-4-2-1-3-5-12/h1-9,11,15,17H,10H2. The molecule has 4 heteroatoms. The van der Waals surface area contributed by atoms with Crippen molar-refractivity contribution in [2.24, 2.45) is 0 Å². The molecule has 2 rings (SSSR count). The number of benzene rings is 2. The molecule has 0 saturated heterocycles. The predicted molar refractivity (Wildman–Crippen MR) is 75.5 cm³/mol.